The number of ether oxygens (including phenoxy) is 1. The lowest BCUT2D eigenvalue weighted by Crippen LogP contribution is -2.13. The molecular weight excluding hydrogens is 490 g/mol. The van der Waals surface area contributed by atoms with E-state index >= 15 is 0 Å². The Morgan fingerprint density at radius 2 is 1.72 bits per heavy atom. The van der Waals surface area contributed by atoms with E-state index in [0.29, 0.717) is 23.0 Å². The molecule has 4 aromatic carbocycles. The van der Waals surface area contributed by atoms with E-state index in [1.807, 2.05) is 91.9 Å². The van der Waals surface area contributed by atoms with E-state index in [9.17, 15) is 9.59 Å². The van der Waals surface area contributed by atoms with Gasteiger partial charge in [0.1, 0.15) is 5.75 Å². The molecule has 5 rings (SSSR count). The number of hydrogen-bond donors (Lipinski definition) is 2. The molecule has 2 N–H and O–H groups in total. The fourth-order valence-electron chi connectivity index (χ4n) is 3.69. The van der Waals surface area contributed by atoms with E-state index in [2.05, 4.69) is 15.6 Å². The summed E-state index contributed by atoms with van der Waals surface area (Å²) in [7, 11) is 0. The van der Waals surface area contributed by atoms with Crippen LogP contribution in [-0.2, 0) is 4.79 Å². The van der Waals surface area contributed by atoms with Crippen LogP contribution in [0.4, 0.5) is 10.8 Å². The highest BCUT2D eigenvalue weighted by Gasteiger charge is 2.11. The lowest BCUT2D eigenvalue weighted by Gasteiger charge is -2.08. The maximum Gasteiger partial charge on any atom is 0.255 e. The number of nitrogens with one attached hydrogen (secondary N) is 2. The van der Waals surface area contributed by atoms with E-state index in [4.69, 9.17) is 4.74 Å². The zero-order chi connectivity index (χ0) is 24.9. The molecule has 0 unspecified atom stereocenters. The Kier molecular flexibility index (Phi) is 7.16. The van der Waals surface area contributed by atoms with Crippen molar-refractivity contribution in [1.29, 1.82) is 0 Å². The zero-order valence-electron chi connectivity index (χ0n) is 19.5. The van der Waals surface area contributed by atoms with Gasteiger partial charge >= 0.3 is 0 Å². The van der Waals surface area contributed by atoms with Crippen molar-refractivity contribution in [1.82, 2.24) is 4.98 Å². The third-order valence-corrected chi connectivity index (χ3v) is 7.36. The van der Waals surface area contributed by atoms with Gasteiger partial charge in [0, 0.05) is 16.1 Å². The number of fused-ring (bicyclic) bond motifs is 2. The van der Waals surface area contributed by atoms with Crippen LogP contribution in [0.25, 0.3) is 21.0 Å². The highest BCUT2D eigenvalue weighted by molar-refractivity contribution is 8.00. The van der Waals surface area contributed by atoms with Crippen LogP contribution in [0.1, 0.15) is 17.3 Å². The predicted molar refractivity (Wildman–Crippen MR) is 148 cm³/mol. The molecule has 180 valence electrons. The summed E-state index contributed by atoms with van der Waals surface area (Å²) in [5.41, 5.74) is 2.13. The minimum atomic E-state index is -0.162. The average molecular weight is 514 g/mol. The summed E-state index contributed by atoms with van der Waals surface area (Å²) in [5.74, 6) is 0.754. The van der Waals surface area contributed by atoms with E-state index < -0.39 is 0 Å². The van der Waals surface area contributed by atoms with Gasteiger partial charge in [-0.1, -0.05) is 41.7 Å². The van der Waals surface area contributed by atoms with Crippen molar-refractivity contribution in [3.63, 3.8) is 0 Å². The molecule has 0 atom stereocenters. The summed E-state index contributed by atoms with van der Waals surface area (Å²) in [6.45, 7) is 2.54. The van der Waals surface area contributed by atoms with Gasteiger partial charge in [-0.15, -0.1) is 11.8 Å². The summed E-state index contributed by atoms with van der Waals surface area (Å²) in [4.78, 5) is 30.5. The molecule has 0 radical (unpaired) electrons. The Morgan fingerprint density at radius 3 is 2.53 bits per heavy atom. The molecule has 0 saturated heterocycles. The van der Waals surface area contributed by atoms with Crippen LogP contribution in [0.3, 0.4) is 0 Å². The van der Waals surface area contributed by atoms with Gasteiger partial charge in [-0.25, -0.2) is 4.98 Å². The Morgan fingerprint density at radius 1 is 0.917 bits per heavy atom. The molecule has 8 heteroatoms. The number of thiazole rings is 1. The lowest BCUT2D eigenvalue weighted by molar-refractivity contribution is -0.113. The SMILES string of the molecule is CCOc1ccc2nc(NC(=O)CSc3ccc(NC(=O)c4ccc5ccccc5c4)cc3)sc2c1. The molecule has 36 heavy (non-hydrogen) atoms. The van der Waals surface area contributed by atoms with E-state index in [-0.39, 0.29) is 17.6 Å². The summed E-state index contributed by atoms with van der Waals surface area (Å²) < 4.78 is 6.49. The Balaban J connectivity index is 1.14. The number of carbonyl (C=O) groups excluding carboxylic acids is 2. The van der Waals surface area contributed by atoms with Crippen LogP contribution in [0.15, 0.2) is 89.8 Å². The Hall–Kier alpha value is -3.88. The first kappa shape index (κ1) is 23.8. The second kappa shape index (κ2) is 10.8. The molecule has 0 aliphatic heterocycles. The summed E-state index contributed by atoms with van der Waals surface area (Å²) in [6, 6.07) is 26.7. The molecule has 5 aromatic rings. The first-order valence-electron chi connectivity index (χ1n) is 11.4. The van der Waals surface area contributed by atoms with Gasteiger partial charge < -0.3 is 15.4 Å². The summed E-state index contributed by atoms with van der Waals surface area (Å²) >= 11 is 2.84. The highest BCUT2D eigenvalue weighted by atomic mass is 32.2. The molecule has 0 saturated carbocycles. The van der Waals surface area contributed by atoms with Crippen molar-refractivity contribution >= 4 is 66.7 Å². The van der Waals surface area contributed by atoms with Gasteiger partial charge in [0.15, 0.2) is 5.13 Å². The topological polar surface area (TPSA) is 80.3 Å². The lowest BCUT2D eigenvalue weighted by atomic mass is 10.1. The number of carbonyl (C=O) groups is 2. The number of benzene rings is 4. The minimum Gasteiger partial charge on any atom is -0.494 e. The summed E-state index contributed by atoms with van der Waals surface area (Å²) in [6.07, 6.45) is 0. The van der Waals surface area contributed by atoms with E-state index in [1.54, 1.807) is 0 Å². The maximum atomic E-state index is 12.7. The molecule has 0 spiro atoms. The van der Waals surface area contributed by atoms with Crippen molar-refractivity contribution in [3.05, 3.63) is 90.5 Å². The molecule has 2 amide bonds. The molecule has 0 bridgehead atoms. The fourth-order valence-corrected chi connectivity index (χ4v) is 5.30. The maximum absolute atomic E-state index is 12.7. The quantitative estimate of drug-likeness (QED) is 0.222. The smallest absolute Gasteiger partial charge is 0.255 e. The van der Waals surface area contributed by atoms with E-state index in [1.165, 1.54) is 23.1 Å². The highest BCUT2D eigenvalue weighted by Crippen LogP contribution is 2.30. The number of thioether (sulfide) groups is 1. The van der Waals surface area contributed by atoms with Gasteiger partial charge in [0.05, 0.1) is 22.6 Å². The number of amides is 2. The first-order chi connectivity index (χ1) is 17.6. The van der Waals surface area contributed by atoms with Crippen LogP contribution in [0.2, 0.25) is 0 Å². The van der Waals surface area contributed by atoms with E-state index in [0.717, 1.165) is 31.6 Å². The van der Waals surface area contributed by atoms with Gasteiger partial charge in [0.2, 0.25) is 5.91 Å². The third-order valence-electron chi connectivity index (χ3n) is 5.41. The third kappa shape index (κ3) is 5.67. The zero-order valence-corrected chi connectivity index (χ0v) is 21.1. The minimum absolute atomic E-state index is 0.127. The van der Waals surface area contributed by atoms with Crippen molar-refractivity contribution < 1.29 is 14.3 Å². The number of nitrogens with zero attached hydrogens (tertiary/aromatic N) is 1. The number of anilines is 2. The van der Waals surface area contributed by atoms with Crippen molar-refractivity contribution in [2.75, 3.05) is 23.0 Å². The molecule has 0 aliphatic carbocycles. The van der Waals surface area contributed by atoms with Crippen molar-refractivity contribution in [2.45, 2.75) is 11.8 Å². The van der Waals surface area contributed by atoms with Crippen molar-refractivity contribution in [2.24, 2.45) is 0 Å². The molecule has 0 fully saturated rings. The predicted octanol–water partition coefficient (Wildman–Crippen LogP) is 6.83. The number of rotatable bonds is 8. The largest absolute Gasteiger partial charge is 0.494 e. The van der Waals surface area contributed by atoms with Crippen LogP contribution >= 0.6 is 23.1 Å². The van der Waals surface area contributed by atoms with Gasteiger partial charge in [-0.3, -0.25) is 9.59 Å². The Bertz CT molecular complexity index is 1550. The molecule has 1 aromatic heterocycles. The first-order valence-corrected chi connectivity index (χ1v) is 13.2. The van der Waals surface area contributed by atoms with Crippen LogP contribution in [-0.4, -0.2) is 29.2 Å². The normalized spacial score (nSPS) is 10.9. The van der Waals surface area contributed by atoms with Gasteiger partial charge in [0.25, 0.3) is 5.91 Å². The number of hydrogen-bond acceptors (Lipinski definition) is 6. The van der Waals surface area contributed by atoms with Crippen LogP contribution in [0, 0.1) is 0 Å². The van der Waals surface area contributed by atoms with Crippen molar-refractivity contribution in [3.8, 4) is 5.75 Å². The molecule has 1 heterocycles. The number of aromatic nitrogens is 1. The second-order valence-electron chi connectivity index (χ2n) is 7.96. The molecule has 0 aliphatic rings. The average Bonchev–Trinajstić information content (AvgIpc) is 3.29. The second-order valence-corrected chi connectivity index (χ2v) is 10.0. The molecule has 6 nitrogen and oxygen atoms in total. The van der Waals surface area contributed by atoms with Gasteiger partial charge in [-0.05, 0) is 72.3 Å². The standard InChI is InChI=1S/C28H23N3O3S2/c1-2-34-22-11-14-24-25(16-22)36-28(30-24)31-26(32)17-35-23-12-9-21(10-13-23)29-27(33)20-8-7-18-5-3-4-6-19(18)15-20/h3-16H,2,17H2,1H3,(H,29,33)(H,30,31,32). The Labute approximate surface area is 216 Å². The summed E-state index contributed by atoms with van der Waals surface area (Å²) in [5, 5.41) is 8.49. The fraction of sp³-hybridized carbons (Fsp3) is 0.107. The van der Waals surface area contributed by atoms with Gasteiger partial charge in [-0.2, -0.15) is 0 Å². The van der Waals surface area contributed by atoms with Crippen LogP contribution in [0.5, 0.6) is 5.75 Å². The van der Waals surface area contributed by atoms with Crippen LogP contribution < -0.4 is 15.4 Å². The monoisotopic (exact) mass is 513 g/mol. The molecular formula is C28H23N3O3S2.